The van der Waals surface area contributed by atoms with E-state index >= 15 is 0 Å². The highest BCUT2D eigenvalue weighted by atomic mass is 16.1. The van der Waals surface area contributed by atoms with Crippen molar-refractivity contribution in [3.63, 3.8) is 0 Å². The average Bonchev–Trinajstić information content (AvgIpc) is 2.34. The van der Waals surface area contributed by atoms with Crippen molar-refractivity contribution in [2.24, 2.45) is 0 Å². The third-order valence-electron chi connectivity index (χ3n) is 2.39. The lowest BCUT2D eigenvalue weighted by molar-refractivity contribution is -0.118. The van der Waals surface area contributed by atoms with Crippen LogP contribution < -0.4 is 16.4 Å². The molecule has 0 unspecified atom stereocenters. The van der Waals surface area contributed by atoms with Crippen LogP contribution in [0.5, 0.6) is 0 Å². The van der Waals surface area contributed by atoms with Crippen LogP contribution in [0.25, 0.3) is 11.0 Å². The topological polar surface area (TPSA) is 92.9 Å². The van der Waals surface area contributed by atoms with Gasteiger partial charge in [0.2, 0.25) is 5.91 Å². The Hall–Kier alpha value is -2.37. The summed E-state index contributed by atoms with van der Waals surface area (Å²) in [6.07, 6.45) is 0. The Morgan fingerprint density at radius 1 is 1.22 bits per heavy atom. The molecule has 1 amide bonds. The number of carbonyl (C=O) groups excluding carboxylic acids is 1. The van der Waals surface area contributed by atoms with Gasteiger partial charge in [0.05, 0.1) is 11.0 Å². The van der Waals surface area contributed by atoms with Crippen LogP contribution in [-0.2, 0) is 4.79 Å². The molecule has 2 aromatic rings. The molecule has 1 heterocycles. The minimum atomic E-state index is -0.0608. The second-order valence-corrected chi connectivity index (χ2v) is 3.86. The summed E-state index contributed by atoms with van der Waals surface area (Å²) < 4.78 is 0. The zero-order chi connectivity index (χ0) is 13.0. The summed E-state index contributed by atoms with van der Waals surface area (Å²) in [5.74, 6) is 0.838. The van der Waals surface area contributed by atoms with E-state index in [0.29, 0.717) is 24.7 Å². The lowest BCUT2D eigenvalue weighted by atomic mass is 10.3. The smallest absolute Gasteiger partial charge is 0.216 e. The second kappa shape index (κ2) is 5.31. The van der Waals surface area contributed by atoms with Gasteiger partial charge in [-0.25, -0.2) is 9.97 Å². The van der Waals surface area contributed by atoms with Crippen LogP contribution in [-0.4, -0.2) is 29.0 Å². The fourth-order valence-electron chi connectivity index (χ4n) is 1.56. The average molecular weight is 245 g/mol. The summed E-state index contributed by atoms with van der Waals surface area (Å²) in [5.41, 5.74) is 7.36. The first kappa shape index (κ1) is 12.1. The molecule has 0 aliphatic carbocycles. The number of rotatable bonds is 4. The van der Waals surface area contributed by atoms with Crippen molar-refractivity contribution < 1.29 is 4.79 Å². The Bertz CT molecular complexity index is 569. The largest absolute Gasteiger partial charge is 0.381 e. The van der Waals surface area contributed by atoms with Crippen LogP contribution in [0.1, 0.15) is 6.92 Å². The van der Waals surface area contributed by atoms with Crippen LogP contribution in [0.2, 0.25) is 0 Å². The molecule has 0 saturated carbocycles. The molecule has 0 radical (unpaired) electrons. The number of nitrogen functional groups attached to an aromatic ring is 1. The first-order valence-corrected chi connectivity index (χ1v) is 5.67. The highest BCUT2D eigenvalue weighted by molar-refractivity contribution is 5.79. The van der Waals surface area contributed by atoms with E-state index < -0.39 is 0 Å². The van der Waals surface area contributed by atoms with Crippen LogP contribution in [0, 0.1) is 0 Å². The quantitative estimate of drug-likeness (QED) is 0.691. The molecule has 2 rings (SSSR count). The van der Waals surface area contributed by atoms with Gasteiger partial charge in [0.25, 0.3) is 0 Å². The van der Waals surface area contributed by atoms with E-state index in [2.05, 4.69) is 20.6 Å². The molecule has 0 spiro atoms. The molecule has 18 heavy (non-hydrogen) atoms. The number of fused-ring (bicyclic) bond motifs is 1. The maximum absolute atomic E-state index is 10.7. The molecule has 94 valence electrons. The fourth-order valence-corrected chi connectivity index (χ4v) is 1.56. The summed E-state index contributed by atoms with van der Waals surface area (Å²) >= 11 is 0. The number of benzene rings is 1. The van der Waals surface area contributed by atoms with Crippen molar-refractivity contribution in [1.82, 2.24) is 15.3 Å². The summed E-state index contributed by atoms with van der Waals surface area (Å²) in [7, 11) is 0. The normalized spacial score (nSPS) is 10.3. The molecule has 0 bridgehead atoms. The van der Waals surface area contributed by atoms with Gasteiger partial charge in [0.15, 0.2) is 11.6 Å². The second-order valence-electron chi connectivity index (χ2n) is 3.86. The zero-order valence-corrected chi connectivity index (χ0v) is 10.1. The highest BCUT2D eigenvalue weighted by Crippen LogP contribution is 2.17. The minimum absolute atomic E-state index is 0.0608. The van der Waals surface area contributed by atoms with Crippen molar-refractivity contribution in [2.75, 3.05) is 24.1 Å². The lowest BCUT2D eigenvalue weighted by Crippen LogP contribution is -2.26. The van der Waals surface area contributed by atoms with Crippen LogP contribution in [0.4, 0.5) is 11.6 Å². The van der Waals surface area contributed by atoms with Gasteiger partial charge in [-0.3, -0.25) is 4.79 Å². The number of nitrogens with two attached hydrogens (primary N) is 1. The SMILES string of the molecule is CC(=O)NCCNc1nc2ccccc2nc1N. The minimum Gasteiger partial charge on any atom is -0.381 e. The number of amides is 1. The lowest BCUT2D eigenvalue weighted by Gasteiger charge is -2.09. The van der Waals surface area contributed by atoms with E-state index in [4.69, 9.17) is 5.73 Å². The standard InChI is InChI=1S/C12H15N5O/c1-8(18)14-6-7-15-12-11(13)16-9-4-2-3-5-10(9)17-12/h2-5H,6-7H2,1H3,(H2,13,16)(H,14,18)(H,15,17). The number of carbonyl (C=O) groups is 1. The van der Waals surface area contributed by atoms with E-state index in [1.54, 1.807) is 0 Å². The van der Waals surface area contributed by atoms with Gasteiger partial charge >= 0.3 is 0 Å². The third kappa shape index (κ3) is 2.85. The first-order chi connectivity index (χ1) is 8.66. The summed E-state index contributed by atoms with van der Waals surface area (Å²) in [6.45, 7) is 2.55. The molecule has 0 aliphatic rings. The molecule has 6 nitrogen and oxygen atoms in total. The van der Waals surface area contributed by atoms with Gasteiger partial charge in [0.1, 0.15) is 0 Å². The zero-order valence-electron chi connectivity index (χ0n) is 10.1. The molecule has 0 saturated heterocycles. The summed E-state index contributed by atoms with van der Waals surface area (Å²) in [4.78, 5) is 19.3. The molecular weight excluding hydrogens is 230 g/mol. The number of anilines is 2. The van der Waals surface area contributed by atoms with Gasteiger partial charge in [-0.15, -0.1) is 0 Å². The van der Waals surface area contributed by atoms with E-state index in [-0.39, 0.29) is 5.91 Å². The van der Waals surface area contributed by atoms with Gasteiger partial charge in [0, 0.05) is 20.0 Å². The van der Waals surface area contributed by atoms with E-state index in [9.17, 15) is 4.79 Å². The Labute approximate surface area is 105 Å². The molecule has 0 aliphatic heterocycles. The van der Waals surface area contributed by atoms with Crippen LogP contribution >= 0.6 is 0 Å². The Morgan fingerprint density at radius 3 is 2.56 bits per heavy atom. The summed E-state index contributed by atoms with van der Waals surface area (Å²) in [5, 5.41) is 5.73. The predicted octanol–water partition coefficient (Wildman–Crippen LogP) is 0.760. The number of para-hydroxylation sites is 2. The number of nitrogens with one attached hydrogen (secondary N) is 2. The molecular formula is C12H15N5O. The van der Waals surface area contributed by atoms with Crippen molar-refractivity contribution in [3.8, 4) is 0 Å². The van der Waals surface area contributed by atoms with Crippen molar-refractivity contribution in [3.05, 3.63) is 24.3 Å². The fraction of sp³-hybridized carbons (Fsp3) is 0.250. The van der Waals surface area contributed by atoms with E-state index in [1.807, 2.05) is 24.3 Å². The number of aromatic nitrogens is 2. The third-order valence-corrected chi connectivity index (χ3v) is 2.39. The predicted molar refractivity (Wildman–Crippen MR) is 71.1 cm³/mol. The molecule has 6 heteroatoms. The van der Waals surface area contributed by atoms with Crippen molar-refractivity contribution in [1.29, 1.82) is 0 Å². The van der Waals surface area contributed by atoms with Crippen LogP contribution in [0.3, 0.4) is 0 Å². The Balaban J connectivity index is 2.08. The monoisotopic (exact) mass is 245 g/mol. The molecule has 1 aromatic heterocycles. The highest BCUT2D eigenvalue weighted by Gasteiger charge is 2.04. The Kier molecular flexibility index (Phi) is 3.57. The number of hydrogen-bond acceptors (Lipinski definition) is 5. The molecule has 0 fully saturated rings. The van der Waals surface area contributed by atoms with Gasteiger partial charge < -0.3 is 16.4 Å². The molecule has 0 atom stereocenters. The first-order valence-electron chi connectivity index (χ1n) is 5.67. The van der Waals surface area contributed by atoms with Crippen molar-refractivity contribution >= 4 is 28.6 Å². The number of hydrogen-bond donors (Lipinski definition) is 3. The van der Waals surface area contributed by atoms with E-state index in [0.717, 1.165) is 11.0 Å². The summed E-state index contributed by atoms with van der Waals surface area (Å²) in [6, 6.07) is 7.52. The van der Waals surface area contributed by atoms with Crippen molar-refractivity contribution in [2.45, 2.75) is 6.92 Å². The molecule has 1 aromatic carbocycles. The molecule has 4 N–H and O–H groups in total. The maximum Gasteiger partial charge on any atom is 0.216 e. The van der Waals surface area contributed by atoms with E-state index in [1.165, 1.54) is 6.92 Å². The van der Waals surface area contributed by atoms with Gasteiger partial charge in [-0.2, -0.15) is 0 Å². The maximum atomic E-state index is 10.7. The number of nitrogens with zero attached hydrogens (tertiary/aromatic N) is 2. The Morgan fingerprint density at radius 2 is 1.89 bits per heavy atom. The van der Waals surface area contributed by atoms with Crippen LogP contribution in [0.15, 0.2) is 24.3 Å². The van der Waals surface area contributed by atoms with Gasteiger partial charge in [-0.1, -0.05) is 12.1 Å². The van der Waals surface area contributed by atoms with Gasteiger partial charge in [-0.05, 0) is 12.1 Å².